The van der Waals surface area contributed by atoms with Gasteiger partial charge >= 0.3 is 8.74 Å². The van der Waals surface area contributed by atoms with Crippen molar-refractivity contribution in [2.24, 2.45) is 0 Å². The Morgan fingerprint density at radius 1 is 0.692 bits per heavy atom. The topological polar surface area (TPSA) is 0 Å². The molecule has 0 saturated heterocycles. The lowest BCUT2D eigenvalue weighted by molar-refractivity contribution is 0.497. The minimum Gasteiger partial charge on any atom is -0.270 e. The minimum absolute atomic E-state index is 0.143. The van der Waals surface area contributed by atoms with E-state index in [2.05, 4.69) is 0 Å². The molecule has 0 aromatic heterocycles. The Balaban J connectivity index is 1.99. The molecule has 0 aromatic rings. The number of rotatable bonds is 2. The van der Waals surface area contributed by atoms with Crippen LogP contribution in [-0.2, 0) is 0 Å². The third-order valence-electron chi connectivity index (χ3n) is 3.80. The van der Waals surface area contributed by atoms with Crippen LogP contribution in [0.1, 0.15) is 51.4 Å². The summed E-state index contributed by atoms with van der Waals surface area (Å²) >= 11 is 0. The van der Waals surface area contributed by atoms with Gasteiger partial charge in [-0.05, 0) is 25.7 Å². The normalized spacial score (nSPS) is 27.2. The van der Waals surface area contributed by atoms with Gasteiger partial charge in [-0.1, -0.05) is 25.7 Å². The number of hydrogen-bond donors (Lipinski definition) is 0. The van der Waals surface area contributed by atoms with E-state index in [0.717, 1.165) is 51.4 Å². The van der Waals surface area contributed by atoms with Gasteiger partial charge in [0, 0.05) is 11.1 Å². The Kier molecular flexibility index (Phi) is 2.72. The maximum Gasteiger partial charge on any atom is 0.430 e. The molecule has 0 unspecified atom stereocenters. The first-order chi connectivity index (χ1) is 6.21. The SMILES string of the molecule is F[Si](F)(C1CCCC1)C1CCCC1. The quantitative estimate of drug-likeness (QED) is 0.466. The summed E-state index contributed by atoms with van der Waals surface area (Å²) in [6.45, 7) is 0. The van der Waals surface area contributed by atoms with Crippen molar-refractivity contribution in [3.05, 3.63) is 0 Å². The highest BCUT2D eigenvalue weighted by molar-refractivity contribution is 6.69. The summed E-state index contributed by atoms with van der Waals surface area (Å²) in [5.41, 5.74) is -0.286. The van der Waals surface area contributed by atoms with E-state index in [1.165, 1.54) is 0 Å². The molecule has 0 N–H and O–H groups in total. The van der Waals surface area contributed by atoms with Crippen LogP contribution in [0.4, 0.5) is 8.22 Å². The molecule has 0 spiro atoms. The Morgan fingerprint density at radius 2 is 1.00 bits per heavy atom. The summed E-state index contributed by atoms with van der Waals surface area (Å²) in [4.78, 5) is 0. The fourth-order valence-electron chi connectivity index (χ4n) is 2.95. The number of halogens is 2. The molecule has 0 nitrogen and oxygen atoms in total. The van der Waals surface area contributed by atoms with Gasteiger partial charge in [-0.2, -0.15) is 0 Å². The molecule has 0 atom stereocenters. The smallest absolute Gasteiger partial charge is 0.270 e. The average molecular weight is 204 g/mol. The average Bonchev–Trinajstić information content (AvgIpc) is 2.78. The first-order valence-electron chi connectivity index (χ1n) is 5.59. The summed E-state index contributed by atoms with van der Waals surface area (Å²) < 4.78 is 27.9. The largest absolute Gasteiger partial charge is 0.430 e. The molecule has 3 heteroatoms. The minimum atomic E-state index is -3.84. The molecule has 76 valence electrons. The summed E-state index contributed by atoms with van der Waals surface area (Å²) in [6, 6.07) is 0. The Morgan fingerprint density at radius 3 is 1.31 bits per heavy atom. The Labute approximate surface area is 80.1 Å². The van der Waals surface area contributed by atoms with E-state index in [4.69, 9.17) is 0 Å². The van der Waals surface area contributed by atoms with Gasteiger partial charge in [0.15, 0.2) is 0 Å². The second-order valence-electron chi connectivity index (χ2n) is 4.64. The van der Waals surface area contributed by atoms with Crippen LogP contribution in [0.3, 0.4) is 0 Å². The second-order valence-corrected chi connectivity index (χ2v) is 7.62. The monoisotopic (exact) mass is 204 g/mol. The van der Waals surface area contributed by atoms with Crippen LogP contribution in [0.15, 0.2) is 0 Å². The molecule has 2 aliphatic rings. The van der Waals surface area contributed by atoms with Crippen LogP contribution < -0.4 is 0 Å². The van der Waals surface area contributed by atoms with Gasteiger partial charge in [0.05, 0.1) is 0 Å². The molecule has 0 aromatic carbocycles. The van der Waals surface area contributed by atoms with Gasteiger partial charge in [0.2, 0.25) is 0 Å². The van der Waals surface area contributed by atoms with Crippen LogP contribution in [0.5, 0.6) is 0 Å². The zero-order chi connectivity index (χ0) is 9.31. The summed E-state index contributed by atoms with van der Waals surface area (Å²) in [6.07, 6.45) is 7.54. The summed E-state index contributed by atoms with van der Waals surface area (Å²) in [7, 11) is -3.84. The van der Waals surface area contributed by atoms with E-state index in [9.17, 15) is 8.22 Å². The molecule has 0 heterocycles. The molecule has 0 aliphatic heterocycles. The predicted octanol–water partition coefficient (Wildman–Crippen LogP) is 4.26. The van der Waals surface area contributed by atoms with Crippen molar-refractivity contribution in [2.45, 2.75) is 62.4 Å². The lowest BCUT2D eigenvalue weighted by Crippen LogP contribution is -2.33. The first kappa shape index (κ1) is 9.63. The van der Waals surface area contributed by atoms with Gasteiger partial charge < -0.3 is 0 Å². The lowest BCUT2D eigenvalue weighted by Gasteiger charge is -2.25. The molecule has 2 saturated carbocycles. The van der Waals surface area contributed by atoms with Crippen molar-refractivity contribution >= 4 is 8.74 Å². The van der Waals surface area contributed by atoms with Crippen LogP contribution >= 0.6 is 0 Å². The maximum absolute atomic E-state index is 14.0. The van der Waals surface area contributed by atoms with Gasteiger partial charge in [-0.25, -0.2) is 0 Å². The predicted molar refractivity (Wildman–Crippen MR) is 52.4 cm³/mol. The Hall–Kier alpha value is 0.0769. The highest BCUT2D eigenvalue weighted by Crippen LogP contribution is 2.51. The number of hydrogen-bond acceptors (Lipinski definition) is 0. The van der Waals surface area contributed by atoms with Crippen LogP contribution in [-0.4, -0.2) is 8.74 Å². The molecule has 2 rings (SSSR count). The lowest BCUT2D eigenvalue weighted by atomic mass is 10.3. The van der Waals surface area contributed by atoms with Crippen molar-refractivity contribution in [2.75, 3.05) is 0 Å². The van der Waals surface area contributed by atoms with Crippen LogP contribution in [0.2, 0.25) is 11.1 Å². The fourth-order valence-corrected chi connectivity index (χ4v) is 5.98. The van der Waals surface area contributed by atoms with Crippen LogP contribution in [0, 0.1) is 0 Å². The fraction of sp³-hybridized carbons (Fsp3) is 1.00. The van der Waals surface area contributed by atoms with Gasteiger partial charge in [-0.3, -0.25) is 8.22 Å². The standard InChI is InChI=1S/C10H18F2Si/c11-13(12,9-5-1-2-6-9)10-7-3-4-8-10/h9-10H,1-8H2. The third-order valence-corrected chi connectivity index (χ3v) is 7.13. The molecule has 0 amide bonds. The highest BCUT2D eigenvalue weighted by Gasteiger charge is 2.52. The van der Waals surface area contributed by atoms with E-state index in [1.54, 1.807) is 0 Å². The molecular weight excluding hydrogens is 186 g/mol. The first-order valence-corrected chi connectivity index (χ1v) is 7.50. The van der Waals surface area contributed by atoms with E-state index in [-0.39, 0.29) is 11.1 Å². The summed E-state index contributed by atoms with van der Waals surface area (Å²) in [5, 5.41) is 0. The van der Waals surface area contributed by atoms with Crippen molar-refractivity contribution in [3.8, 4) is 0 Å². The van der Waals surface area contributed by atoms with Crippen molar-refractivity contribution < 1.29 is 8.22 Å². The molecule has 0 radical (unpaired) electrons. The van der Waals surface area contributed by atoms with Crippen molar-refractivity contribution in [1.82, 2.24) is 0 Å². The molecule has 0 bridgehead atoms. The summed E-state index contributed by atoms with van der Waals surface area (Å²) in [5.74, 6) is 0. The van der Waals surface area contributed by atoms with Crippen molar-refractivity contribution in [1.29, 1.82) is 0 Å². The van der Waals surface area contributed by atoms with E-state index in [0.29, 0.717) is 0 Å². The van der Waals surface area contributed by atoms with Crippen molar-refractivity contribution in [3.63, 3.8) is 0 Å². The maximum atomic E-state index is 14.0. The highest BCUT2D eigenvalue weighted by atomic mass is 28.4. The molecule has 2 fully saturated rings. The van der Waals surface area contributed by atoms with Crippen LogP contribution in [0.25, 0.3) is 0 Å². The van der Waals surface area contributed by atoms with Gasteiger partial charge in [0.25, 0.3) is 0 Å². The third kappa shape index (κ3) is 1.80. The van der Waals surface area contributed by atoms with E-state index >= 15 is 0 Å². The zero-order valence-corrected chi connectivity index (χ0v) is 9.07. The molecular formula is C10H18F2Si. The Bertz CT molecular complexity index is 152. The van der Waals surface area contributed by atoms with E-state index < -0.39 is 8.74 Å². The zero-order valence-electron chi connectivity index (χ0n) is 8.07. The molecule has 13 heavy (non-hydrogen) atoms. The van der Waals surface area contributed by atoms with Gasteiger partial charge in [-0.15, -0.1) is 0 Å². The second kappa shape index (κ2) is 3.68. The molecule has 2 aliphatic carbocycles. The van der Waals surface area contributed by atoms with E-state index in [1.807, 2.05) is 0 Å². The van der Waals surface area contributed by atoms with Gasteiger partial charge in [0.1, 0.15) is 0 Å².